The lowest BCUT2D eigenvalue weighted by Gasteiger charge is -2.27. The first-order valence-electron chi connectivity index (χ1n) is 6.44. The first-order chi connectivity index (χ1) is 9.33. The smallest absolute Gasteiger partial charge is 0.229 e. The van der Waals surface area contributed by atoms with Crippen molar-refractivity contribution >= 4 is 52.5 Å². The SMILES string of the molecule is C[C@@]1(C(=O)N[C@H]2CCSc3ccc(Cl)cc32)CC1(Cl)Cl. The molecule has 1 aromatic carbocycles. The second kappa shape index (κ2) is 4.98. The summed E-state index contributed by atoms with van der Waals surface area (Å²) in [4.78, 5) is 13.6. The minimum atomic E-state index is -0.933. The van der Waals surface area contributed by atoms with Crippen LogP contribution in [0.25, 0.3) is 0 Å². The van der Waals surface area contributed by atoms with Crippen molar-refractivity contribution in [2.45, 2.75) is 35.0 Å². The molecule has 0 spiro atoms. The number of nitrogens with one attached hydrogen (secondary N) is 1. The van der Waals surface area contributed by atoms with Crippen molar-refractivity contribution in [2.24, 2.45) is 5.41 Å². The lowest BCUT2D eigenvalue weighted by atomic mass is 10.0. The van der Waals surface area contributed by atoms with E-state index in [9.17, 15) is 4.79 Å². The number of carbonyl (C=O) groups excluding carboxylic acids is 1. The van der Waals surface area contributed by atoms with E-state index in [-0.39, 0.29) is 11.9 Å². The molecule has 1 saturated carbocycles. The fourth-order valence-electron chi connectivity index (χ4n) is 2.48. The molecule has 1 aliphatic carbocycles. The summed E-state index contributed by atoms with van der Waals surface area (Å²) in [5.41, 5.74) is 0.403. The van der Waals surface area contributed by atoms with Gasteiger partial charge in [-0.05, 0) is 43.5 Å². The fraction of sp³-hybridized carbons (Fsp3) is 0.500. The molecule has 108 valence electrons. The van der Waals surface area contributed by atoms with Crippen LogP contribution in [0, 0.1) is 5.41 Å². The van der Waals surface area contributed by atoms with Crippen molar-refractivity contribution in [2.75, 3.05) is 5.75 Å². The van der Waals surface area contributed by atoms with Crippen LogP contribution in [-0.4, -0.2) is 16.0 Å². The molecule has 20 heavy (non-hydrogen) atoms. The minimum absolute atomic E-state index is 0.0148. The first kappa shape index (κ1) is 14.8. The van der Waals surface area contributed by atoms with E-state index in [0.29, 0.717) is 11.4 Å². The third kappa shape index (κ3) is 2.43. The van der Waals surface area contributed by atoms with Crippen molar-refractivity contribution in [3.05, 3.63) is 28.8 Å². The maximum Gasteiger partial charge on any atom is 0.229 e. The third-order valence-electron chi connectivity index (χ3n) is 4.08. The van der Waals surface area contributed by atoms with E-state index in [1.165, 1.54) is 4.90 Å². The van der Waals surface area contributed by atoms with E-state index in [2.05, 4.69) is 5.32 Å². The number of halogens is 3. The van der Waals surface area contributed by atoms with Crippen LogP contribution >= 0.6 is 46.6 Å². The summed E-state index contributed by atoms with van der Waals surface area (Å²) in [6.45, 7) is 1.80. The van der Waals surface area contributed by atoms with Crippen LogP contribution in [0.15, 0.2) is 23.1 Å². The molecule has 1 N–H and O–H groups in total. The highest BCUT2D eigenvalue weighted by Crippen LogP contribution is 2.64. The van der Waals surface area contributed by atoms with Gasteiger partial charge in [-0.3, -0.25) is 4.79 Å². The maximum atomic E-state index is 12.4. The molecule has 1 amide bonds. The van der Waals surface area contributed by atoms with Gasteiger partial charge in [0.05, 0.1) is 11.5 Å². The molecule has 1 aromatic rings. The number of alkyl halides is 2. The standard InChI is InChI=1S/C14H14Cl3NOS/c1-13(7-14(13,16)17)12(19)18-10-4-5-20-11-3-2-8(15)6-9(10)11/h2-3,6,10H,4-5,7H2,1H3,(H,18,19)/t10-,13-/m0/s1. The summed E-state index contributed by atoms with van der Waals surface area (Å²) >= 11 is 20.0. The molecule has 3 rings (SSSR count). The summed E-state index contributed by atoms with van der Waals surface area (Å²) < 4.78 is -0.933. The van der Waals surface area contributed by atoms with E-state index in [4.69, 9.17) is 34.8 Å². The molecule has 1 aliphatic heterocycles. The van der Waals surface area contributed by atoms with Gasteiger partial charge in [0.25, 0.3) is 0 Å². The highest BCUT2D eigenvalue weighted by molar-refractivity contribution is 7.99. The molecule has 0 unspecified atom stereocenters. The molecule has 6 heteroatoms. The normalized spacial score (nSPS) is 30.5. The zero-order valence-corrected chi connectivity index (χ0v) is 14.0. The molecule has 2 nitrogen and oxygen atoms in total. The molecule has 2 aliphatic rings. The summed E-state index contributed by atoms with van der Waals surface area (Å²) in [5.74, 6) is 0.897. The fourth-order valence-corrected chi connectivity index (χ4v) is 4.47. The monoisotopic (exact) mass is 349 g/mol. The van der Waals surface area contributed by atoms with Crippen LogP contribution in [0.2, 0.25) is 5.02 Å². The molecule has 1 fully saturated rings. The minimum Gasteiger partial charge on any atom is -0.349 e. The molecule has 0 bridgehead atoms. The number of amides is 1. The van der Waals surface area contributed by atoms with Gasteiger partial charge in [0.2, 0.25) is 5.91 Å². The predicted molar refractivity (Wildman–Crippen MR) is 84.8 cm³/mol. The number of rotatable bonds is 2. The highest BCUT2D eigenvalue weighted by Gasteiger charge is 2.68. The van der Waals surface area contributed by atoms with Gasteiger partial charge in [-0.2, -0.15) is 0 Å². The Balaban J connectivity index is 1.80. The molecule has 0 aromatic heterocycles. The Labute approximate surface area is 137 Å². The molecular formula is C14H14Cl3NOS. The quantitative estimate of drug-likeness (QED) is 0.791. The number of benzene rings is 1. The second-order valence-electron chi connectivity index (χ2n) is 5.56. The van der Waals surface area contributed by atoms with Gasteiger partial charge in [0.1, 0.15) is 4.33 Å². The van der Waals surface area contributed by atoms with Gasteiger partial charge in [0, 0.05) is 15.7 Å². The van der Waals surface area contributed by atoms with Crippen molar-refractivity contribution in [1.29, 1.82) is 0 Å². The number of thioether (sulfide) groups is 1. The molecule has 1 heterocycles. The van der Waals surface area contributed by atoms with Crippen molar-refractivity contribution in [3.63, 3.8) is 0 Å². The largest absolute Gasteiger partial charge is 0.349 e. The van der Waals surface area contributed by atoms with Crippen molar-refractivity contribution < 1.29 is 4.79 Å². The van der Waals surface area contributed by atoms with Gasteiger partial charge in [-0.1, -0.05) is 11.6 Å². The Morgan fingerprint density at radius 3 is 2.80 bits per heavy atom. The van der Waals surface area contributed by atoms with Crippen LogP contribution in [0.3, 0.4) is 0 Å². The van der Waals surface area contributed by atoms with Crippen LogP contribution in [0.1, 0.15) is 31.4 Å². The Bertz CT molecular complexity index is 578. The predicted octanol–water partition coefficient (Wildman–Crippen LogP) is 4.58. The third-order valence-corrected chi connectivity index (χ3v) is 6.53. The van der Waals surface area contributed by atoms with E-state index in [1.54, 1.807) is 18.7 Å². The zero-order chi connectivity index (χ0) is 14.5. The van der Waals surface area contributed by atoms with Crippen molar-refractivity contribution in [3.8, 4) is 0 Å². The first-order valence-corrected chi connectivity index (χ1v) is 8.56. The van der Waals surface area contributed by atoms with E-state index >= 15 is 0 Å². The van der Waals surface area contributed by atoms with E-state index < -0.39 is 9.75 Å². The van der Waals surface area contributed by atoms with Crippen LogP contribution in [0.4, 0.5) is 0 Å². The molecule has 0 saturated heterocycles. The Morgan fingerprint density at radius 2 is 2.15 bits per heavy atom. The van der Waals surface area contributed by atoms with Crippen molar-refractivity contribution in [1.82, 2.24) is 5.32 Å². The summed E-state index contributed by atoms with van der Waals surface area (Å²) in [6, 6.07) is 5.80. The van der Waals surface area contributed by atoms with Gasteiger partial charge in [-0.15, -0.1) is 35.0 Å². The van der Waals surface area contributed by atoms with Gasteiger partial charge in [0.15, 0.2) is 0 Å². The maximum absolute atomic E-state index is 12.4. The molecular weight excluding hydrogens is 337 g/mol. The summed E-state index contributed by atoms with van der Waals surface area (Å²) in [6.07, 6.45) is 1.39. The van der Waals surface area contributed by atoms with Gasteiger partial charge >= 0.3 is 0 Å². The van der Waals surface area contributed by atoms with E-state index in [0.717, 1.165) is 17.7 Å². The van der Waals surface area contributed by atoms with Gasteiger partial charge in [-0.25, -0.2) is 0 Å². The topological polar surface area (TPSA) is 29.1 Å². The Morgan fingerprint density at radius 1 is 1.45 bits per heavy atom. The lowest BCUT2D eigenvalue weighted by Crippen LogP contribution is -2.37. The Kier molecular flexibility index (Phi) is 3.69. The van der Waals surface area contributed by atoms with E-state index in [1.807, 2.05) is 18.2 Å². The number of fused-ring (bicyclic) bond motifs is 1. The number of carbonyl (C=O) groups is 1. The highest BCUT2D eigenvalue weighted by atomic mass is 35.5. The zero-order valence-electron chi connectivity index (χ0n) is 10.9. The van der Waals surface area contributed by atoms with Crippen LogP contribution in [-0.2, 0) is 4.79 Å². The molecule has 0 radical (unpaired) electrons. The Hall–Kier alpha value is -0.0900. The number of hydrogen-bond donors (Lipinski definition) is 1. The average molecular weight is 351 g/mol. The van der Waals surface area contributed by atoms with Crippen LogP contribution in [0.5, 0.6) is 0 Å². The number of hydrogen-bond acceptors (Lipinski definition) is 2. The van der Waals surface area contributed by atoms with Gasteiger partial charge < -0.3 is 5.32 Å². The molecule has 2 atom stereocenters. The summed E-state index contributed by atoms with van der Waals surface area (Å²) in [5, 5.41) is 3.77. The average Bonchev–Trinajstić information content (AvgIpc) is 2.91. The van der Waals surface area contributed by atoms with Crippen LogP contribution < -0.4 is 5.32 Å². The second-order valence-corrected chi connectivity index (χ2v) is 8.62. The lowest BCUT2D eigenvalue weighted by molar-refractivity contribution is -0.126. The summed E-state index contributed by atoms with van der Waals surface area (Å²) in [7, 11) is 0.